The number of hydrogen-bond acceptors (Lipinski definition) is 3. The van der Waals surface area contributed by atoms with Gasteiger partial charge < -0.3 is 9.47 Å². The monoisotopic (exact) mass is 242 g/mol. The number of benzene rings is 1. The maximum absolute atomic E-state index is 11.5. The van der Waals surface area contributed by atoms with Crippen molar-refractivity contribution in [3.8, 4) is 11.5 Å². The average Bonchev–Trinajstić information content (AvgIpc) is 2.27. The van der Waals surface area contributed by atoms with Gasteiger partial charge in [-0.15, -0.1) is 0 Å². The number of carbonyl (C=O) groups is 1. The second kappa shape index (κ2) is 5.21. The predicted octanol–water partition coefficient (Wildman–Crippen LogP) is 3.12. The third kappa shape index (κ3) is 2.14. The van der Waals surface area contributed by atoms with Crippen LogP contribution in [0.1, 0.15) is 29.8 Å². The fraction of sp³-hybridized carbons (Fsp3) is 0.417. The lowest BCUT2D eigenvalue weighted by molar-refractivity contribution is 0.101. The van der Waals surface area contributed by atoms with Crippen LogP contribution in [-0.2, 0) is 6.42 Å². The van der Waals surface area contributed by atoms with E-state index in [1.54, 1.807) is 6.07 Å². The highest BCUT2D eigenvalue weighted by Crippen LogP contribution is 2.40. The number of ether oxygens (including phenoxy) is 2. The van der Waals surface area contributed by atoms with E-state index in [9.17, 15) is 4.79 Å². The summed E-state index contributed by atoms with van der Waals surface area (Å²) in [7, 11) is 3.06. The zero-order valence-corrected chi connectivity index (χ0v) is 10.6. The molecular weight excluding hydrogens is 228 g/mol. The van der Waals surface area contributed by atoms with Gasteiger partial charge in [-0.3, -0.25) is 4.79 Å². The summed E-state index contributed by atoms with van der Waals surface area (Å²) in [5.74, 6) is 0.994. The van der Waals surface area contributed by atoms with Crippen molar-refractivity contribution in [3.63, 3.8) is 0 Å². The fourth-order valence-corrected chi connectivity index (χ4v) is 1.99. The van der Waals surface area contributed by atoms with E-state index in [1.165, 1.54) is 21.1 Å². The molecule has 16 heavy (non-hydrogen) atoms. The predicted molar refractivity (Wildman–Crippen MR) is 63.9 cm³/mol. The number of halogens is 1. The molecule has 0 aliphatic heterocycles. The van der Waals surface area contributed by atoms with Crippen LogP contribution in [0.2, 0.25) is 5.02 Å². The Kier molecular flexibility index (Phi) is 4.19. The number of hydrogen-bond donors (Lipinski definition) is 0. The summed E-state index contributed by atoms with van der Waals surface area (Å²) in [6.45, 7) is 3.47. The SMILES string of the molecule is CCc1c(C(C)=O)cc(Cl)c(OC)c1OC. The number of ketones is 1. The molecule has 1 rings (SSSR count). The van der Waals surface area contributed by atoms with Crippen molar-refractivity contribution in [2.75, 3.05) is 14.2 Å². The maximum Gasteiger partial charge on any atom is 0.179 e. The molecule has 0 spiro atoms. The molecular formula is C12H15ClO3. The summed E-state index contributed by atoms with van der Waals surface area (Å²) in [6, 6.07) is 1.63. The van der Waals surface area contributed by atoms with Crippen LogP contribution in [0, 0.1) is 0 Å². The Bertz CT molecular complexity index is 413. The minimum atomic E-state index is -0.0281. The number of methoxy groups -OCH3 is 2. The average molecular weight is 243 g/mol. The lowest BCUT2D eigenvalue weighted by Gasteiger charge is -2.16. The van der Waals surface area contributed by atoms with Gasteiger partial charge in [0, 0.05) is 11.1 Å². The summed E-state index contributed by atoms with van der Waals surface area (Å²) >= 11 is 6.03. The number of carbonyl (C=O) groups excluding carboxylic acids is 1. The van der Waals surface area contributed by atoms with Crippen LogP contribution in [0.4, 0.5) is 0 Å². The Morgan fingerprint density at radius 3 is 2.25 bits per heavy atom. The largest absolute Gasteiger partial charge is 0.492 e. The molecule has 3 nitrogen and oxygen atoms in total. The molecule has 1 aromatic rings. The molecule has 0 unspecified atom stereocenters. The highest BCUT2D eigenvalue weighted by atomic mass is 35.5. The van der Waals surface area contributed by atoms with Crippen LogP contribution in [0.25, 0.3) is 0 Å². The Morgan fingerprint density at radius 1 is 1.31 bits per heavy atom. The highest BCUT2D eigenvalue weighted by Gasteiger charge is 2.19. The Hall–Kier alpha value is -1.22. The highest BCUT2D eigenvalue weighted by molar-refractivity contribution is 6.32. The minimum absolute atomic E-state index is 0.0281. The fourth-order valence-electron chi connectivity index (χ4n) is 1.72. The van der Waals surface area contributed by atoms with Crippen molar-refractivity contribution < 1.29 is 14.3 Å². The van der Waals surface area contributed by atoms with Gasteiger partial charge in [0.1, 0.15) is 0 Å². The van der Waals surface area contributed by atoms with Crippen LogP contribution in [0.5, 0.6) is 11.5 Å². The van der Waals surface area contributed by atoms with E-state index in [-0.39, 0.29) is 5.78 Å². The topological polar surface area (TPSA) is 35.5 Å². The molecule has 0 saturated carbocycles. The van der Waals surface area contributed by atoms with Gasteiger partial charge in [-0.2, -0.15) is 0 Å². The van der Waals surface area contributed by atoms with Crippen molar-refractivity contribution in [2.45, 2.75) is 20.3 Å². The van der Waals surface area contributed by atoms with Gasteiger partial charge in [-0.25, -0.2) is 0 Å². The van der Waals surface area contributed by atoms with Crippen molar-refractivity contribution in [2.24, 2.45) is 0 Å². The standard InChI is InChI=1S/C12H15ClO3/c1-5-8-9(7(2)14)6-10(13)12(16-4)11(8)15-3/h6H,5H2,1-4H3. The molecule has 0 saturated heterocycles. The molecule has 0 radical (unpaired) electrons. The van der Waals surface area contributed by atoms with E-state index >= 15 is 0 Å². The molecule has 0 amide bonds. The summed E-state index contributed by atoms with van der Waals surface area (Å²) in [5, 5.41) is 0.391. The second-order valence-electron chi connectivity index (χ2n) is 3.36. The first-order valence-corrected chi connectivity index (χ1v) is 5.38. The summed E-state index contributed by atoms with van der Waals surface area (Å²) < 4.78 is 10.4. The van der Waals surface area contributed by atoms with Crippen LogP contribution < -0.4 is 9.47 Å². The first kappa shape index (κ1) is 12.8. The Morgan fingerprint density at radius 2 is 1.88 bits per heavy atom. The van der Waals surface area contributed by atoms with E-state index < -0.39 is 0 Å². The Labute approximate surface area is 100 Å². The molecule has 0 atom stereocenters. The van der Waals surface area contributed by atoms with Crippen molar-refractivity contribution in [3.05, 3.63) is 22.2 Å². The molecule has 4 heteroatoms. The minimum Gasteiger partial charge on any atom is -0.492 e. The lowest BCUT2D eigenvalue weighted by atomic mass is 10.0. The molecule has 0 bridgehead atoms. The Balaban J connectivity index is 3.56. The summed E-state index contributed by atoms with van der Waals surface area (Å²) in [5.41, 5.74) is 1.42. The molecule has 0 aromatic heterocycles. The molecule has 0 N–H and O–H groups in total. The van der Waals surface area contributed by atoms with Crippen molar-refractivity contribution in [1.82, 2.24) is 0 Å². The third-order valence-corrected chi connectivity index (χ3v) is 2.72. The molecule has 1 aromatic carbocycles. The smallest absolute Gasteiger partial charge is 0.179 e. The normalized spacial score (nSPS) is 10.1. The van der Waals surface area contributed by atoms with E-state index in [2.05, 4.69) is 0 Å². The van der Waals surface area contributed by atoms with Gasteiger partial charge in [-0.05, 0) is 19.4 Å². The van der Waals surface area contributed by atoms with E-state index in [0.29, 0.717) is 28.5 Å². The third-order valence-electron chi connectivity index (χ3n) is 2.43. The zero-order chi connectivity index (χ0) is 12.3. The van der Waals surface area contributed by atoms with Crippen LogP contribution in [-0.4, -0.2) is 20.0 Å². The van der Waals surface area contributed by atoms with Crippen molar-refractivity contribution >= 4 is 17.4 Å². The van der Waals surface area contributed by atoms with E-state index in [4.69, 9.17) is 21.1 Å². The van der Waals surface area contributed by atoms with Crippen LogP contribution >= 0.6 is 11.6 Å². The van der Waals surface area contributed by atoms with Crippen molar-refractivity contribution in [1.29, 1.82) is 0 Å². The maximum atomic E-state index is 11.5. The van der Waals surface area contributed by atoms with E-state index in [1.807, 2.05) is 6.92 Å². The molecule has 0 heterocycles. The van der Waals surface area contributed by atoms with E-state index in [0.717, 1.165) is 5.56 Å². The molecule has 88 valence electrons. The molecule has 0 aliphatic rings. The van der Waals surface area contributed by atoms with Crippen LogP contribution in [0.3, 0.4) is 0 Å². The quantitative estimate of drug-likeness (QED) is 0.761. The van der Waals surface area contributed by atoms with Gasteiger partial charge >= 0.3 is 0 Å². The van der Waals surface area contributed by atoms with Gasteiger partial charge in [0.25, 0.3) is 0 Å². The first-order chi connectivity index (χ1) is 7.56. The summed E-state index contributed by atoms with van der Waals surface area (Å²) in [6.07, 6.45) is 0.686. The second-order valence-corrected chi connectivity index (χ2v) is 3.77. The lowest BCUT2D eigenvalue weighted by Crippen LogP contribution is -2.04. The van der Waals surface area contributed by atoms with Gasteiger partial charge in [0.2, 0.25) is 0 Å². The van der Waals surface area contributed by atoms with Crippen LogP contribution in [0.15, 0.2) is 6.07 Å². The molecule has 0 fully saturated rings. The first-order valence-electron chi connectivity index (χ1n) is 5.01. The number of Topliss-reactive ketones (excluding diaryl/α,β-unsaturated/α-hetero) is 1. The zero-order valence-electron chi connectivity index (χ0n) is 9.89. The number of rotatable bonds is 4. The molecule has 0 aliphatic carbocycles. The van der Waals surface area contributed by atoms with Gasteiger partial charge in [0.05, 0.1) is 19.2 Å². The summed E-state index contributed by atoms with van der Waals surface area (Å²) in [4.78, 5) is 11.5. The van der Waals surface area contributed by atoms with Gasteiger partial charge in [0.15, 0.2) is 17.3 Å². The van der Waals surface area contributed by atoms with Gasteiger partial charge in [-0.1, -0.05) is 18.5 Å².